The minimum Gasteiger partial charge on any atom is -0.481 e. The Labute approximate surface area is 94.3 Å². The van der Waals surface area contributed by atoms with Crippen LogP contribution in [0.2, 0.25) is 0 Å². The molecule has 0 bridgehead atoms. The lowest BCUT2D eigenvalue weighted by molar-refractivity contribution is -0.137. The Balaban J connectivity index is 0. The summed E-state index contributed by atoms with van der Waals surface area (Å²) in [7, 11) is 0. The fourth-order valence-corrected chi connectivity index (χ4v) is 0.917. The fraction of sp³-hybridized carbons (Fsp3) is 0.250. The third kappa shape index (κ3) is 5.01. The van der Waals surface area contributed by atoms with Gasteiger partial charge in [-0.05, 0) is 17.7 Å². The molecular formula is C8H12Cl2N2O2. The zero-order valence-electron chi connectivity index (χ0n) is 7.29. The smallest absolute Gasteiger partial charge is 0.305 e. The van der Waals surface area contributed by atoms with Gasteiger partial charge >= 0.3 is 5.97 Å². The van der Waals surface area contributed by atoms with E-state index in [1.54, 1.807) is 24.5 Å². The molecule has 0 amide bonds. The summed E-state index contributed by atoms with van der Waals surface area (Å²) < 4.78 is 0. The fourth-order valence-electron chi connectivity index (χ4n) is 0.917. The maximum Gasteiger partial charge on any atom is 0.305 e. The molecule has 0 spiro atoms. The van der Waals surface area contributed by atoms with Gasteiger partial charge in [0.25, 0.3) is 0 Å². The van der Waals surface area contributed by atoms with Crippen molar-refractivity contribution in [2.24, 2.45) is 5.73 Å². The Morgan fingerprint density at radius 3 is 2.36 bits per heavy atom. The van der Waals surface area contributed by atoms with Gasteiger partial charge in [-0.2, -0.15) is 0 Å². The van der Waals surface area contributed by atoms with E-state index in [0.717, 1.165) is 5.56 Å². The van der Waals surface area contributed by atoms with E-state index in [0.29, 0.717) is 0 Å². The first-order valence-electron chi connectivity index (χ1n) is 3.57. The van der Waals surface area contributed by atoms with Gasteiger partial charge in [0, 0.05) is 18.4 Å². The molecule has 1 rings (SSSR count). The highest BCUT2D eigenvalue weighted by Gasteiger charge is 2.09. The number of aromatic nitrogens is 1. The van der Waals surface area contributed by atoms with Gasteiger partial charge in [0.15, 0.2) is 0 Å². The van der Waals surface area contributed by atoms with Crippen molar-refractivity contribution in [1.82, 2.24) is 4.98 Å². The summed E-state index contributed by atoms with van der Waals surface area (Å²) in [5.41, 5.74) is 6.39. The third-order valence-corrected chi connectivity index (χ3v) is 1.53. The van der Waals surface area contributed by atoms with Gasteiger partial charge in [-0.15, -0.1) is 24.8 Å². The number of hydrogen-bond acceptors (Lipinski definition) is 3. The molecule has 0 radical (unpaired) electrons. The van der Waals surface area contributed by atoms with Crippen LogP contribution in [0.4, 0.5) is 0 Å². The Morgan fingerprint density at radius 2 is 1.93 bits per heavy atom. The SMILES string of the molecule is Cl.Cl.N[C@@H](CC(=O)O)c1ccncc1. The van der Waals surface area contributed by atoms with Crippen LogP contribution in [-0.2, 0) is 4.79 Å². The molecule has 0 fully saturated rings. The molecule has 1 atom stereocenters. The summed E-state index contributed by atoms with van der Waals surface area (Å²) in [6, 6.07) is 2.99. The van der Waals surface area contributed by atoms with Crippen molar-refractivity contribution in [1.29, 1.82) is 0 Å². The standard InChI is InChI=1S/C8H10N2O2.2ClH/c9-7(5-8(11)12)6-1-3-10-4-2-6;;/h1-4,7H,5,9H2,(H,11,12);2*1H/t7-;;/m0../s1. The maximum absolute atomic E-state index is 10.3. The molecule has 6 heteroatoms. The van der Waals surface area contributed by atoms with Crippen LogP contribution < -0.4 is 5.73 Å². The molecule has 0 aliphatic carbocycles. The Bertz CT molecular complexity index is 269. The molecule has 0 saturated carbocycles. The molecular weight excluding hydrogens is 227 g/mol. The number of pyridine rings is 1. The molecule has 4 nitrogen and oxygen atoms in total. The number of aliphatic carboxylic acids is 1. The topological polar surface area (TPSA) is 76.2 Å². The molecule has 1 aromatic heterocycles. The van der Waals surface area contributed by atoms with Crippen LogP contribution in [0.3, 0.4) is 0 Å². The highest BCUT2D eigenvalue weighted by molar-refractivity contribution is 5.85. The minimum atomic E-state index is -0.890. The number of hydrogen-bond donors (Lipinski definition) is 2. The summed E-state index contributed by atoms with van der Waals surface area (Å²) in [5, 5.41) is 8.45. The average molecular weight is 239 g/mol. The Kier molecular flexibility index (Phi) is 8.43. The van der Waals surface area contributed by atoms with E-state index in [1.807, 2.05) is 0 Å². The zero-order valence-corrected chi connectivity index (χ0v) is 8.92. The predicted molar refractivity (Wildman–Crippen MR) is 57.9 cm³/mol. The molecule has 14 heavy (non-hydrogen) atoms. The number of carbonyl (C=O) groups is 1. The molecule has 3 N–H and O–H groups in total. The van der Waals surface area contributed by atoms with E-state index in [2.05, 4.69) is 4.98 Å². The lowest BCUT2D eigenvalue weighted by Crippen LogP contribution is -2.14. The van der Waals surface area contributed by atoms with Crippen molar-refractivity contribution in [3.63, 3.8) is 0 Å². The second kappa shape index (κ2) is 7.55. The van der Waals surface area contributed by atoms with E-state index in [-0.39, 0.29) is 31.2 Å². The van der Waals surface area contributed by atoms with Gasteiger partial charge in [-0.25, -0.2) is 0 Å². The molecule has 0 saturated heterocycles. The summed E-state index contributed by atoms with van der Waals surface area (Å²) in [6.07, 6.45) is 3.14. The second-order valence-corrected chi connectivity index (χ2v) is 2.48. The number of rotatable bonds is 3. The molecule has 0 aliphatic rings. The van der Waals surface area contributed by atoms with Gasteiger partial charge in [0.2, 0.25) is 0 Å². The number of halogens is 2. The van der Waals surface area contributed by atoms with Gasteiger partial charge in [-0.1, -0.05) is 0 Å². The van der Waals surface area contributed by atoms with Crippen LogP contribution in [0.15, 0.2) is 24.5 Å². The first-order chi connectivity index (χ1) is 5.70. The van der Waals surface area contributed by atoms with Crippen molar-refractivity contribution < 1.29 is 9.90 Å². The summed E-state index contributed by atoms with van der Waals surface area (Å²) in [6.45, 7) is 0. The van der Waals surface area contributed by atoms with E-state index in [9.17, 15) is 4.79 Å². The first-order valence-corrected chi connectivity index (χ1v) is 3.57. The minimum absolute atomic E-state index is 0. The quantitative estimate of drug-likeness (QED) is 0.835. The third-order valence-electron chi connectivity index (χ3n) is 1.53. The normalized spacial score (nSPS) is 10.6. The van der Waals surface area contributed by atoms with Gasteiger partial charge in [-0.3, -0.25) is 9.78 Å². The van der Waals surface area contributed by atoms with Crippen LogP contribution in [-0.4, -0.2) is 16.1 Å². The summed E-state index contributed by atoms with van der Waals surface area (Å²) >= 11 is 0. The van der Waals surface area contributed by atoms with Crippen molar-refractivity contribution in [3.8, 4) is 0 Å². The van der Waals surface area contributed by atoms with E-state index >= 15 is 0 Å². The van der Waals surface area contributed by atoms with E-state index in [1.165, 1.54) is 0 Å². The van der Waals surface area contributed by atoms with Crippen LogP contribution in [0, 0.1) is 0 Å². The molecule has 1 heterocycles. The highest BCUT2D eigenvalue weighted by atomic mass is 35.5. The second-order valence-electron chi connectivity index (χ2n) is 2.48. The number of carboxylic acids is 1. The van der Waals surface area contributed by atoms with Crippen molar-refractivity contribution >= 4 is 30.8 Å². The molecule has 80 valence electrons. The van der Waals surface area contributed by atoms with Gasteiger partial charge < -0.3 is 10.8 Å². The predicted octanol–water partition coefficient (Wildman–Crippen LogP) is 1.40. The van der Waals surface area contributed by atoms with Crippen LogP contribution in [0.25, 0.3) is 0 Å². The van der Waals surface area contributed by atoms with E-state index in [4.69, 9.17) is 10.8 Å². The van der Waals surface area contributed by atoms with Crippen LogP contribution in [0.1, 0.15) is 18.0 Å². The lowest BCUT2D eigenvalue weighted by Gasteiger charge is -2.07. The Hall–Kier alpha value is -0.840. The molecule has 1 aromatic rings. The highest BCUT2D eigenvalue weighted by Crippen LogP contribution is 2.11. The van der Waals surface area contributed by atoms with Crippen molar-refractivity contribution in [2.45, 2.75) is 12.5 Å². The summed E-state index contributed by atoms with van der Waals surface area (Å²) in [5.74, 6) is -0.890. The maximum atomic E-state index is 10.3. The van der Waals surface area contributed by atoms with Crippen LogP contribution >= 0.6 is 24.8 Å². The number of nitrogens with zero attached hydrogens (tertiary/aromatic N) is 1. The summed E-state index contributed by atoms with van der Waals surface area (Å²) in [4.78, 5) is 14.1. The first kappa shape index (κ1) is 15.6. The van der Waals surface area contributed by atoms with Gasteiger partial charge in [0.1, 0.15) is 0 Å². The molecule has 0 aromatic carbocycles. The van der Waals surface area contributed by atoms with Gasteiger partial charge in [0.05, 0.1) is 6.42 Å². The van der Waals surface area contributed by atoms with E-state index < -0.39 is 12.0 Å². The monoisotopic (exact) mass is 238 g/mol. The molecule has 0 aliphatic heterocycles. The zero-order chi connectivity index (χ0) is 8.97. The van der Waals surface area contributed by atoms with Crippen molar-refractivity contribution in [2.75, 3.05) is 0 Å². The van der Waals surface area contributed by atoms with Crippen LogP contribution in [0.5, 0.6) is 0 Å². The average Bonchev–Trinajstić information content (AvgIpc) is 2.05. The van der Waals surface area contributed by atoms with Crippen molar-refractivity contribution in [3.05, 3.63) is 30.1 Å². The lowest BCUT2D eigenvalue weighted by atomic mass is 10.1. The number of carboxylic acid groups (broad SMARTS) is 1. The molecule has 0 unspecified atom stereocenters. The Morgan fingerprint density at radius 1 is 1.43 bits per heavy atom. The number of nitrogens with two attached hydrogens (primary N) is 1. The largest absolute Gasteiger partial charge is 0.481 e.